The van der Waals surface area contributed by atoms with Crippen LogP contribution >= 0.6 is 0 Å². The first kappa shape index (κ1) is 18.2. The second kappa shape index (κ2) is 9.87. The number of aliphatic hydroxyl groups is 2. The van der Waals surface area contributed by atoms with Gasteiger partial charge in [0.25, 0.3) is 0 Å². The number of hydrogen-bond acceptors (Lipinski definition) is 5. The lowest BCUT2D eigenvalue weighted by Crippen LogP contribution is -2.32. The summed E-state index contributed by atoms with van der Waals surface area (Å²) >= 11 is 0. The topological polar surface area (TPSA) is 71.0 Å². The second-order valence-electron chi connectivity index (χ2n) is 5.28. The number of hydrogen-bond donors (Lipinski definition) is 3. The molecule has 0 bridgehead atoms. The summed E-state index contributed by atoms with van der Waals surface area (Å²) in [6.07, 6.45) is -0.666. The minimum atomic E-state index is -0.666. The molecule has 0 fully saturated rings. The summed E-state index contributed by atoms with van der Waals surface area (Å²) in [5, 5.41) is 21.3. The Labute approximate surface area is 140 Å². The van der Waals surface area contributed by atoms with Crippen molar-refractivity contribution in [2.24, 2.45) is 0 Å². The maximum atomic E-state index is 12.9. The lowest BCUT2D eigenvalue weighted by Gasteiger charge is -2.14. The summed E-state index contributed by atoms with van der Waals surface area (Å²) in [5.74, 6) is 0.943. The van der Waals surface area contributed by atoms with Gasteiger partial charge in [-0.3, -0.25) is 0 Å². The summed E-state index contributed by atoms with van der Waals surface area (Å²) in [6, 6.07) is 13.2. The van der Waals surface area contributed by atoms with E-state index in [0.29, 0.717) is 31.2 Å². The van der Waals surface area contributed by atoms with Crippen molar-refractivity contribution in [3.63, 3.8) is 0 Å². The zero-order chi connectivity index (χ0) is 17.2. The molecule has 130 valence electrons. The van der Waals surface area contributed by atoms with Crippen LogP contribution < -0.4 is 14.8 Å². The Morgan fingerprint density at radius 3 is 2.46 bits per heavy atom. The van der Waals surface area contributed by atoms with Crippen molar-refractivity contribution in [3.8, 4) is 11.5 Å². The largest absolute Gasteiger partial charge is 0.491 e. The molecule has 0 aliphatic carbocycles. The van der Waals surface area contributed by atoms with Gasteiger partial charge in [0.2, 0.25) is 0 Å². The first-order chi connectivity index (χ1) is 11.7. The lowest BCUT2D eigenvalue weighted by molar-refractivity contribution is 0.105. The van der Waals surface area contributed by atoms with Crippen LogP contribution in [0.1, 0.15) is 5.56 Å². The van der Waals surface area contributed by atoms with Gasteiger partial charge in [-0.25, -0.2) is 4.39 Å². The lowest BCUT2D eigenvalue weighted by atomic mass is 10.2. The van der Waals surface area contributed by atoms with Crippen LogP contribution in [0.25, 0.3) is 0 Å². The fraction of sp³-hybridized carbons (Fsp3) is 0.333. The van der Waals surface area contributed by atoms with E-state index in [-0.39, 0.29) is 19.0 Å². The van der Waals surface area contributed by atoms with Crippen LogP contribution in [0.4, 0.5) is 4.39 Å². The van der Waals surface area contributed by atoms with Gasteiger partial charge >= 0.3 is 0 Å². The number of halogens is 1. The fourth-order valence-corrected chi connectivity index (χ4v) is 2.00. The van der Waals surface area contributed by atoms with Gasteiger partial charge in [0.15, 0.2) is 0 Å². The Bertz CT molecular complexity index is 606. The Morgan fingerprint density at radius 2 is 1.75 bits per heavy atom. The molecule has 0 unspecified atom stereocenters. The molecule has 6 heteroatoms. The van der Waals surface area contributed by atoms with Crippen LogP contribution in [0.15, 0.2) is 48.5 Å². The van der Waals surface area contributed by atoms with E-state index < -0.39 is 6.10 Å². The molecule has 0 saturated heterocycles. The van der Waals surface area contributed by atoms with Gasteiger partial charge in [0.1, 0.15) is 36.6 Å². The number of ether oxygens (including phenoxy) is 2. The number of aliphatic hydroxyl groups excluding tert-OH is 2. The number of rotatable bonds is 10. The normalized spacial score (nSPS) is 12.0. The molecule has 0 spiro atoms. The molecule has 0 radical (unpaired) electrons. The third-order valence-corrected chi connectivity index (χ3v) is 3.24. The summed E-state index contributed by atoms with van der Waals surface area (Å²) in [5.41, 5.74) is 0.869. The highest BCUT2D eigenvalue weighted by Gasteiger charge is 2.05. The van der Waals surface area contributed by atoms with Crippen LogP contribution in [0.5, 0.6) is 11.5 Å². The van der Waals surface area contributed by atoms with Crippen molar-refractivity contribution in [2.45, 2.75) is 12.7 Å². The summed E-state index contributed by atoms with van der Waals surface area (Å²) in [7, 11) is 0. The SMILES string of the molecule is OCCNC[C@@H](O)COc1cccc(OCc2ccc(F)cc2)c1. The number of benzene rings is 2. The monoisotopic (exact) mass is 335 g/mol. The van der Waals surface area contributed by atoms with Crippen molar-refractivity contribution in [2.75, 3.05) is 26.3 Å². The Morgan fingerprint density at radius 1 is 1.04 bits per heavy atom. The van der Waals surface area contributed by atoms with E-state index in [0.717, 1.165) is 5.56 Å². The average molecular weight is 335 g/mol. The van der Waals surface area contributed by atoms with Crippen LogP contribution in [0.2, 0.25) is 0 Å². The van der Waals surface area contributed by atoms with Gasteiger partial charge in [0.05, 0.1) is 6.61 Å². The second-order valence-corrected chi connectivity index (χ2v) is 5.28. The van der Waals surface area contributed by atoms with Crippen molar-refractivity contribution in [3.05, 3.63) is 59.9 Å². The van der Waals surface area contributed by atoms with Gasteiger partial charge in [-0.05, 0) is 29.8 Å². The van der Waals surface area contributed by atoms with Gasteiger partial charge in [-0.2, -0.15) is 0 Å². The van der Waals surface area contributed by atoms with E-state index in [1.54, 1.807) is 36.4 Å². The molecule has 2 rings (SSSR count). The third kappa shape index (κ3) is 6.54. The van der Waals surface area contributed by atoms with Crippen LogP contribution in [-0.4, -0.2) is 42.6 Å². The molecule has 2 aromatic rings. The van der Waals surface area contributed by atoms with E-state index in [4.69, 9.17) is 14.6 Å². The molecule has 3 N–H and O–H groups in total. The van der Waals surface area contributed by atoms with Gasteiger partial charge in [0, 0.05) is 19.2 Å². The zero-order valence-corrected chi connectivity index (χ0v) is 13.3. The maximum Gasteiger partial charge on any atom is 0.123 e. The van der Waals surface area contributed by atoms with Crippen LogP contribution in [0, 0.1) is 5.82 Å². The Hall–Kier alpha value is -2.15. The smallest absolute Gasteiger partial charge is 0.123 e. The van der Waals surface area contributed by atoms with Crippen molar-refractivity contribution >= 4 is 0 Å². The summed E-state index contributed by atoms with van der Waals surface area (Å²) < 4.78 is 24.0. The van der Waals surface area contributed by atoms with E-state index in [2.05, 4.69) is 5.32 Å². The highest BCUT2D eigenvalue weighted by molar-refractivity contribution is 5.33. The van der Waals surface area contributed by atoms with Crippen molar-refractivity contribution in [1.82, 2.24) is 5.32 Å². The quantitative estimate of drug-likeness (QED) is 0.577. The first-order valence-corrected chi connectivity index (χ1v) is 7.77. The summed E-state index contributed by atoms with van der Waals surface area (Å²) in [4.78, 5) is 0. The summed E-state index contributed by atoms with van der Waals surface area (Å²) in [6.45, 7) is 1.28. The molecule has 0 aliphatic rings. The minimum Gasteiger partial charge on any atom is -0.491 e. The average Bonchev–Trinajstić information content (AvgIpc) is 2.60. The van der Waals surface area contributed by atoms with Crippen molar-refractivity contribution in [1.29, 1.82) is 0 Å². The first-order valence-electron chi connectivity index (χ1n) is 7.77. The van der Waals surface area contributed by atoms with Gasteiger partial charge in [-0.15, -0.1) is 0 Å². The molecular weight excluding hydrogens is 313 g/mol. The predicted molar refractivity (Wildman–Crippen MR) is 88.6 cm³/mol. The maximum absolute atomic E-state index is 12.9. The minimum absolute atomic E-state index is 0.0288. The fourth-order valence-electron chi connectivity index (χ4n) is 2.00. The molecule has 0 saturated carbocycles. The molecule has 24 heavy (non-hydrogen) atoms. The Balaban J connectivity index is 1.79. The molecular formula is C18H22FNO4. The zero-order valence-electron chi connectivity index (χ0n) is 13.3. The highest BCUT2D eigenvalue weighted by atomic mass is 19.1. The molecule has 0 heterocycles. The third-order valence-electron chi connectivity index (χ3n) is 3.24. The molecule has 0 aromatic heterocycles. The predicted octanol–water partition coefficient (Wildman–Crippen LogP) is 1.73. The molecule has 5 nitrogen and oxygen atoms in total. The van der Waals surface area contributed by atoms with E-state index in [9.17, 15) is 9.50 Å². The standard InChI is InChI=1S/C18H22FNO4/c19-15-6-4-14(5-7-15)12-23-17-2-1-3-18(10-17)24-13-16(22)11-20-8-9-21/h1-7,10,16,20-22H,8-9,11-13H2/t16-/m1/s1. The van der Waals surface area contributed by atoms with Gasteiger partial charge in [-0.1, -0.05) is 18.2 Å². The van der Waals surface area contributed by atoms with E-state index in [1.807, 2.05) is 0 Å². The number of nitrogens with one attached hydrogen (secondary N) is 1. The Kier molecular flexibility index (Phi) is 7.48. The van der Waals surface area contributed by atoms with Crippen LogP contribution in [-0.2, 0) is 6.61 Å². The molecule has 0 amide bonds. The van der Waals surface area contributed by atoms with E-state index >= 15 is 0 Å². The van der Waals surface area contributed by atoms with Gasteiger partial charge < -0.3 is 25.0 Å². The highest BCUT2D eigenvalue weighted by Crippen LogP contribution is 2.20. The molecule has 2 aromatic carbocycles. The molecule has 1 atom stereocenters. The molecule has 0 aliphatic heterocycles. The van der Waals surface area contributed by atoms with Crippen LogP contribution in [0.3, 0.4) is 0 Å². The van der Waals surface area contributed by atoms with E-state index in [1.165, 1.54) is 12.1 Å². The van der Waals surface area contributed by atoms with Crippen molar-refractivity contribution < 1.29 is 24.1 Å².